The highest BCUT2D eigenvalue weighted by molar-refractivity contribution is 5.94. The van der Waals surface area contributed by atoms with Crippen LogP contribution in [0, 0.1) is 5.82 Å². The molecule has 2 heterocycles. The van der Waals surface area contributed by atoms with E-state index >= 15 is 0 Å². The number of hydrogen-bond donors (Lipinski definition) is 2. The van der Waals surface area contributed by atoms with Crippen LogP contribution >= 0.6 is 0 Å². The quantitative estimate of drug-likeness (QED) is 0.726. The summed E-state index contributed by atoms with van der Waals surface area (Å²) in [6, 6.07) is 11.9. The molecule has 1 aromatic carbocycles. The molecule has 0 fully saturated rings. The molecule has 0 aliphatic carbocycles. The van der Waals surface area contributed by atoms with E-state index < -0.39 is 0 Å². The number of pyridine rings is 2. The highest BCUT2D eigenvalue weighted by atomic mass is 19.1. The van der Waals surface area contributed by atoms with Crippen molar-refractivity contribution in [3.63, 3.8) is 0 Å². The van der Waals surface area contributed by atoms with Crippen molar-refractivity contribution < 1.29 is 9.18 Å². The minimum atomic E-state index is -0.340. The highest BCUT2D eigenvalue weighted by Crippen LogP contribution is 2.11. The van der Waals surface area contributed by atoms with Crippen molar-refractivity contribution in [2.75, 3.05) is 5.32 Å². The second-order valence-electron chi connectivity index (χ2n) is 5.45. The molecule has 3 aromatic rings. The number of halogens is 1. The maximum Gasteiger partial charge on any atom is 0.253 e. The Bertz CT molecular complexity index is 855. The maximum atomic E-state index is 13.6. The average molecular weight is 336 g/mol. The molecule has 0 aliphatic rings. The van der Waals surface area contributed by atoms with E-state index in [0.29, 0.717) is 17.7 Å². The molecule has 0 bridgehead atoms. The van der Waals surface area contributed by atoms with Crippen LogP contribution in [0.4, 0.5) is 10.1 Å². The SMILES string of the molecule is O=C(NCc1ccccc1F)c1cncc(NCc2cccnc2)c1. The Morgan fingerprint density at radius 2 is 1.88 bits per heavy atom. The van der Waals surface area contributed by atoms with Crippen LogP contribution in [0.2, 0.25) is 0 Å². The van der Waals surface area contributed by atoms with Gasteiger partial charge in [0.1, 0.15) is 5.82 Å². The fourth-order valence-electron chi connectivity index (χ4n) is 2.29. The van der Waals surface area contributed by atoms with E-state index in [4.69, 9.17) is 0 Å². The van der Waals surface area contributed by atoms with Crippen molar-refractivity contribution in [1.82, 2.24) is 15.3 Å². The lowest BCUT2D eigenvalue weighted by Crippen LogP contribution is -2.23. The molecule has 126 valence electrons. The summed E-state index contributed by atoms with van der Waals surface area (Å²) in [5.41, 5.74) is 2.60. The molecule has 0 unspecified atom stereocenters. The Morgan fingerprint density at radius 3 is 2.68 bits per heavy atom. The van der Waals surface area contributed by atoms with Crippen molar-refractivity contribution in [1.29, 1.82) is 0 Å². The smallest absolute Gasteiger partial charge is 0.253 e. The van der Waals surface area contributed by atoms with Gasteiger partial charge in [0.25, 0.3) is 5.91 Å². The number of amides is 1. The van der Waals surface area contributed by atoms with Gasteiger partial charge in [-0.3, -0.25) is 14.8 Å². The third kappa shape index (κ3) is 4.60. The van der Waals surface area contributed by atoms with Crippen LogP contribution < -0.4 is 10.6 Å². The van der Waals surface area contributed by atoms with Crippen LogP contribution in [0.5, 0.6) is 0 Å². The predicted octanol–water partition coefficient (Wildman–Crippen LogP) is 3.16. The Hall–Kier alpha value is -3.28. The summed E-state index contributed by atoms with van der Waals surface area (Å²) >= 11 is 0. The summed E-state index contributed by atoms with van der Waals surface area (Å²) in [7, 11) is 0. The van der Waals surface area contributed by atoms with Gasteiger partial charge in [-0.15, -0.1) is 0 Å². The zero-order valence-corrected chi connectivity index (χ0v) is 13.4. The summed E-state index contributed by atoms with van der Waals surface area (Å²) in [5.74, 6) is -0.645. The summed E-state index contributed by atoms with van der Waals surface area (Å²) in [5, 5.41) is 5.90. The van der Waals surface area contributed by atoms with Gasteiger partial charge in [-0.1, -0.05) is 24.3 Å². The van der Waals surface area contributed by atoms with Gasteiger partial charge < -0.3 is 10.6 Å². The molecular weight excluding hydrogens is 319 g/mol. The summed E-state index contributed by atoms with van der Waals surface area (Å²) < 4.78 is 13.6. The minimum absolute atomic E-state index is 0.124. The number of aromatic nitrogens is 2. The molecule has 2 aromatic heterocycles. The zero-order chi connectivity index (χ0) is 17.5. The third-order valence-corrected chi connectivity index (χ3v) is 3.62. The minimum Gasteiger partial charge on any atom is -0.380 e. The molecule has 0 saturated carbocycles. The molecule has 0 spiro atoms. The Kier molecular flexibility index (Phi) is 5.31. The van der Waals surface area contributed by atoms with E-state index in [9.17, 15) is 9.18 Å². The summed E-state index contributed by atoms with van der Waals surface area (Å²) in [6.07, 6.45) is 6.60. The topological polar surface area (TPSA) is 66.9 Å². The largest absolute Gasteiger partial charge is 0.380 e. The molecule has 1 amide bonds. The summed E-state index contributed by atoms with van der Waals surface area (Å²) in [6.45, 7) is 0.703. The van der Waals surface area contributed by atoms with Crippen molar-refractivity contribution >= 4 is 11.6 Å². The number of nitrogens with zero attached hydrogens (tertiary/aromatic N) is 2. The van der Waals surface area contributed by atoms with Crippen molar-refractivity contribution in [2.45, 2.75) is 13.1 Å². The third-order valence-electron chi connectivity index (χ3n) is 3.62. The number of nitrogens with one attached hydrogen (secondary N) is 2. The molecule has 0 atom stereocenters. The van der Waals surface area contributed by atoms with Gasteiger partial charge in [0.15, 0.2) is 0 Å². The lowest BCUT2D eigenvalue weighted by atomic mass is 10.2. The van der Waals surface area contributed by atoms with Crippen molar-refractivity contribution in [2.24, 2.45) is 0 Å². The average Bonchev–Trinajstić information content (AvgIpc) is 2.66. The summed E-state index contributed by atoms with van der Waals surface area (Å²) in [4.78, 5) is 20.4. The molecular formula is C19H17FN4O. The molecule has 0 radical (unpaired) electrons. The molecule has 5 nitrogen and oxygen atoms in total. The molecule has 6 heteroatoms. The van der Waals surface area contributed by atoms with Gasteiger partial charge >= 0.3 is 0 Å². The lowest BCUT2D eigenvalue weighted by molar-refractivity contribution is 0.0950. The number of carbonyl (C=O) groups is 1. The van der Waals surface area contributed by atoms with Gasteiger partial charge in [-0.2, -0.15) is 0 Å². The number of hydrogen-bond acceptors (Lipinski definition) is 4. The number of carbonyl (C=O) groups excluding carboxylic acids is 1. The first-order chi connectivity index (χ1) is 12.2. The fourth-order valence-corrected chi connectivity index (χ4v) is 2.29. The van der Waals surface area contributed by atoms with Crippen LogP contribution in [-0.4, -0.2) is 15.9 Å². The van der Waals surface area contributed by atoms with Crippen LogP contribution in [-0.2, 0) is 13.1 Å². The van der Waals surface area contributed by atoms with E-state index in [1.165, 1.54) is 12.3 Å². The van der Waals surface area contributed by atoms with Gasteiger partial charge in [0.2, 0.25) is 0 Å². The van der Waals surface area contributed by atoms with Gasteiger partial charge in [-0.25, -0.2) is 4.39 Å². The Labute approximate surface area is 145 Å². The molecule has 25 heavy (non-hydrogen) atoms. The number of benzene rings is 1. The molecule has 2 N–H and O–H groups in total. The predicted molar refractivity (Wildman–Crippen MR) is 93.4 cm³/mol. The monoisotopic (exact) mass is 336 g/mol. The number of anilines is 1. The standard InChI is InChI=1S/C19H17FN4O/c20-18-6-2-1-5-15(18)12-24-19(25)16-8-17(13-22-11-16)23-10-14-4-3-7-21-9-14/h1-9,11,13,23H,10,12H2,(H,24,25). The van der Waals surface area contributed by atoms with Gasteiger partial charge in [0.05, 0.1) is 11.3 Å². The maximum absolute atomic E-state index is 13.6. The van der Waals surface area contributed by atoms with Crippen molar-refractivity contribution in [3.8, 4) is 0 Å². The Morgan fingerprint density at radius 1 is 1.00 bits per heavy atom. The van der Waals surface area contributed by atoms with Crippen LogP contribution in [0.3, 0.4) is 0 Å². The first kappa shape index (κ1) is 16.6. The van der Waals surface area contributed by atoms with E-state index in [0.717, 1.165) is 11.3 Å². The van der Waals surface area contributed by atoms with Crippen LogP contribution in [0.25, 0.3) is 0 Å². The molecule has 0 aliphatic heterocycles. The second-order valence-corrected chi connectivity index (χ2v) is 5.45. The fraction of sp³-hybridized carbons (Fsp3) is 0.105. The lowest BCUT2D eigenvalue weighted by Gasteiger charge is -2.09. The molecule has 0 saturated heterocycles. The Balaban J connectivity index is 1.60. The van der Waals surface area contributed by atoms with E-state index in [-0.39, 0.29) is 18.3 Å². The first-order valence-electron chi connectivity index (χ1n) is 7.82. The first-order valence-corrected chi connectivity index (χ1v) is 7.82. The van der Waals surface area contributed by atoms with E-state index in [2.05, 4.69) is 20.6 Å². The second kappa shape index (κ2) is 8.01. The van der Waals surface area contributed by atoms with Crippen molar-refractivity contribution in [3.05, 3.63) is 89.8 Å². The number of rotatable bonds is 6. The normalized spacial score (nSPS) is 10.3. The van der Waals surface area contributed by atoms with Crippen LogP contribution in [0.15, 0.2) is 67.3 Å². The highest BCUT2D eigenvalue weighted by Gasteiger charge is 2.08. The van der Waals surface area contributed by atoms with Gasteiger partial charge in [0, 0.05) is 43.4 Å². The van der Waals surface area contributed by atoms with Crippen LogP contribution in [0.1, 0.15) is 21.5 Å². The molecule has 3 rings (SSSR count). The van der Waals surface area contributed by atoms with E-state index in [1.807, 2.05) is 12.1 Å². The van der Waals surface area contributed by atoms with Gasteiger partial charge in [-0.05, 0) is 23.8 Å². The zero-order valence-electron chi connectivity index (χ0n) is 13.4. The van der Waals surface area contributed by atoms with E-state index in [1.54, 1.807) is 42.9 Å².